The standard InChI is InChI=1S/C31H29NO3S2/c1-17-15-31(3,4)32-22-7-6-21-28(27(17)22)25(35-24-9-8-23(33)30(34-5)29(21)24)14-26-20(11-13-37-26)18(2)19-10-12-36-16-19/h6-16,18,32-33H,1-5H3/b25-14-. The SMILES string of the molecule is COc1c(O)ccc2c1-c1ccc3c(c1/C(=C/c1sccc1C(C)c1ccsc1)O2)C(C)=CC(C)(C)N3. The summed E-state index contributed by atoms with van der Waals surface area (Å²) < 4.78 is 12.3. The Hall–Kier alpha value is -3.48. The monoisotopic (exact) mass is 527 g/mol. The van der Waals surface area contributed by atoms with E-state index < -0.39 is 0 Å². The molecule has 1 atom stereocenters. The quantitative estimate of drug-likeness (QED) is 0.278. The molecule has 0 fully saturated rings. The third-order valence-electron chi connectivity index (χ3n) is 7.17. The Balaban J connectivity index is 1.60. The average Bonchev–Trinajstić information content (AvgIpc) is 3.55. The van der Waals surface area contributed by atoms with Gasteiger partial charge in [-0.05, 0) is 90.0 Å². The first kappa shape index (κ1) is 23.9. The summed E-state index contributed by atoms with van der Waals surface area (Å²) in [5, 5.41) is 20.8. The van der Waals surface area contributed by atoms with E-state index in [1.54, 1.807) is 35.8 Å². The van der Waals surface area contributed by atoms with Gasteiger partial charge in [-0.3, -0.25) is 0 Å². The van der Waals surface area contributed by atoms with Crippen LogP contribution in [0.5, 0.6) is 17.2 Å². The van der Waals surface area contributed by atoms with Crippen molar-refractivity contribution >= 4 is 45.8 Å². The minimum absolute atomic E-state index is 0.0950. The van der Waals surface area contributed by atoms with Gasteiger partial charge in [0.2, 0.25) is 0 Å². The van der Waals surface area contributed by atoms with Gasteiger partial charge < -0.3 is 19.9 Å². The smallest absolute Gasteiger partial charge is 0.172 e. The lowest BCUT2D eigenvalue weighted by atomic mass is 9.83. The van der Waals surface area contributed by atoms with Crippen LogP contribution in [0.1, 0.15) is 60.7 Å². The predicted octanol–water partition coefficient (Wildman–Crippen LogP) is 8.84. The van der Waals surface area contributed by atoms with E-state index in [2.05, 4.69) is 85.6 Å². The minimum atomic E-state index is -0.157. The second-order valence-corrected chi connectivity index (χ2v) is 11.9. The topological polar surface area (TPSA) is 50.7 Å². The number of benzene rings is 2. The zero-order valence-electron chi connectivity index (χ0n) is 21.5. The fourth-order valence-corrected chi connectivity index (χ4v) is 7.25. The number of phenolic OH excluding ortho intramolecular Hbond substituents is 1. The Labute approximate surface area is 225 Å². The number of methoxy groups -OCH3 is 1. The third kappa shape index (κ3) is 3.95. The molecule has 6 rings (SSSR count). The van der Waals surface area contributed by atoms with Crippen LogP contribution < -0.4 is 14.8 Å². The van der Waals surface area contributed by atoms with Gasteiger partial charge in [0.1, 0.15) is 11.5 Å². The van der Waals surface area contributed by atoms with Crippen molar-refractivity contribution in [2.24, 2.45) is 0 Å². The fourth-order valence-electron chi connectivity index (χ4n) is 5.57. The summed E-state index contributed by atoms with van der Waals surface area (Å²) in [4.78, 5) is 1.18. The lowest BCUT2D eigenvalue weighted by Crippen LogP contribution is -2.32. The highest BCUT2D eigenvalue weighted by Crippen LogP contribution is 2.54. The van der Waals surface area contributed by atoms with E-state index >= 15 is 0 Å². The van der Waals surface area contributed by atoms with Gasteiger partial charge in [0.05, 0.1) is 18.2 Å². The number of allylic oxidation sites excluding steroid dienone is 1. The second-order valence-electron chi connectivity index (χ2n) is 10.2. The van der Waals surface area contributed by atoms with E-state index in [-0.39, 0.29) is 17.2 Å². The zero-order valence-corrected chi connectivity index (χ0v) is 23.1. The Morgan fingerprint density at radius 2 is 1.89 bits per heavy atom. The summed E-state index contributed by atoms with van der Waals surface area (Å²) >= 11 is 3.45. The van der Waals surface area contributed by atoms with Crippen molar-refractivity contribution < 1.29 is 14.6 Å². The number of nitrogens with one attached hydrogen (secondary N) is 1. The molecule has 0 amide bonds. The van der Waals surface area contributed by atoms with E-state index in [4.69, 9.17) is 9.47 Å². The highest BCUT2D eigenvalue weighted by atomic mass is 32.1. The van der Waals surface area contributed by atoms with Crippen LogP contribution in [0.15, 0.2) is 58.6 Å². The molecule has 0 spiro atoms. The molecule has 4 nitrogen and oxygen atoms in total. The van der Waals surface area contributed by atoms with Crippen molar-refractivity contribution in [2.45, 2.75) is 39.2 Å². The highest BCUT2D eigenvalue weighted by Gasteiger charge is 2.33. The second kappa shape index (κ2) is 8.82. The van der Waals surface area contributed by atoms with Crippen LogP contribution in [0.4, 0.5) is 5.69 Å². The number of aromatic hydroxyl groups is 1. The van der Waals surface area contributed by atoms with Crippen LogP contribution in [-0.2, 0) is 0 Å². The molecular formula is C31H29NO3S2. The number of thiophene rings is 2. The van der Waals surface area contributed by atoms with Gasteiger partial charge >= 0.3 is 0 Å². The molecule has 188 valence electrons. The maximum atomic E-state index is 10.6. The maximum Gasteiger partial charge on any atom is 0.172 e. The summed E-state index contributed by atoms with van der Waals surface area (Å²) in [5.41, 5.74) is 8.58. The number of rotatable bonds is 4. The van der Waals surface area contributed by atoms with Gasteiger partial charge in [0.25, 0.3) is 0 Å². The van der Waals surface area contributed by atoms with Gasteiger partial charge in [-0.1, -0.05) is 19.1 Å². The van der Waals surface area contributed by atoms with Crippen molar-refractivity contribution in [3.63, 3.8) is 0 Å². The van der Waals surface area contributed by atoms with Gasteiger partial charge in [-0.25, -0.2) is 0 Å². The molecule has 2 aliphatic heterocycles. The van der Waals surface area contributed by atoms with Crippen molar-refractivity contribution in [2.75, 3.05) is 12.4 Å². The van der Waals surface area contributed by atoms with Crippen molar-refractivity contribution in [3.8, 4) is 28.4 Å². The Morgan fingerprint density at radius 3 is 2.65 bits per heavy atom. The van der Waals surface area contributed by atoms with Gasteiger partial charge in [0, 0.05) is 33.2 Å². The number of phenols is 1. The summed E-state index contributed by atoms with van der Waals surface area (Å²) in [7, 11) is 1.58. The number of ether oxygens (including phenoxy) is 2. The molecule has 0 aliphatic carbocycles. The normalized spacial score (nSPS) is 17.1. The molecule has 0 radical (unpaired) electrons. The molecule has 0 saturated carbocycles. The molecule has 2 N–H and O–H groups in total. The van der Waals surface area contributed by atoms with Crippen LogP contribution in [-0.4, -0.2) is 17.8 Å². The molecule has 2 aliphatic rings. The Kier molecular flexibility index (Phi) is 5.70. The number of fused-ring (bicyclic) bond motifs is 5. The van der Waals surface area contributed by atoms with E-state index in [1.165, 1.54) is 21.6 Å². The highest BCUT2D eigenvalue weighted by molar-refractivity contribution is 7.11. The molecule has 2 aromatic heterocycles. The number of anilines is 1. The number of hydrogen-bond donors (Lipinski definition) is 2. The third-order valence-corrected chi connectivity index (χ3v) is 8.75. The molecule has 4 heterocycles. The van der Waals surface area contributed by atoms with E-state index in [0.29, 0.717) is 11.5 Å². The molecule has 0 bridgehead atoms. The fraction of sp³-hybridized carbons (Fsp3) is 0.226. The number of hydrogen-bond acceptors (Lipinski definition) is 6. The lowest BCUT2D eigenvalue weighted by molar-refractivity contribution is 0.371. The van der Waals surface area contributed by atoms with Crippen LogP contribution in [0.2, 0.25) is 0 Å². The molecule has 2 aromatic carbocycles. The summed E-state index contributed by atoms with van der Waals surface area (Å²) in [6.45, 7) is 8.76. The van der Waals surface area contributed by atoms with E-state index in [1.807, 2.05) is 6.07 Å². The molecule has 1 unspecified atom stereocenters. The maximum absolute atomic E-state index is 10.6. The molecule has 37 heavy (non-hydrogen) atoms. The van der Waals surface area contributed by atoms with E-state index in [9.17, 15) is 5.11 Å². The summed E-state index contributed by atoms with van der Waals surface area (Å²) in [6.07, 6.45) is 4.44. The van der Waals surface area contributed by atoms with Crippen LogP contribution >= 0.6 is 22.7 Å². The lowest BCUT2D eigenvalue weighted by Gasteiger charge is -2.35. The zero-order chi connectivity index (χ0) is 25.9. The Bertz CT molecular complexity index is 1570. The molecule has 6 heteroatoms. The molecule has 4 aromatic rings. The van der Waals surface area contributed by atoms with Gasteiger partial charge in [-0.2, -0.15) is 11.3 Å². The van der Waals surface area contributed by atoms with Crippen molar-refractivity contribution in [1.82, 2.24) is 0 Å². The first-order valence-corrected chi connectivity index (χ1v) is 14.1. The Morgan fingerprint density at radius 1 is 1.05 bits per heavy atom. The molecule has 0 saturated heterocycles. The van der Waals surface area contributed by atoms with Crippen molar-refractivity contribution in [3.05, 3.63) is 85.7 Å². The first-order chi connectivity index (χ1) is 17.8. The average molecular weight is 528 g/mol. The van der Waals surface area contributed by atoms with Gasteiger partial charge in [-0.15, -0.1) is 11.3 Å². The van der Waals surface area contributed by atoms with Gasteiger partial charge in [0.15, 0.2) is 11.5 Å². The summed E-state index contributed by atoms with van der Waals surface area (Å²) in [6, 6.07) is 12.1. The largest absolute Gasteiger partial charge is 0.504 e. The van der Waals surface area contributed by atoms with Crippen LogP contribution in [0.25, 0.3) is 28.5 Å². The predicted molar refractivity (Wildman–Crippen MR) is 156 cm³/mol. The molecular weight excluding hydrogens is 498 g/mol. The van der Waals surface area contributed by atoms with Crippen LogP contribution in [0.3, 0.4) is 0 Å². The van der Waals surface area contributed by atoms with Crippen LogP contribution in [0, 0.1) is 0 Å². The minimum Gasteiger partial charge on any atom is -0.504 e. The summed E-state index contributed by atoms with van der Waals surface area (Å²) in [5.74, 6) is 2.26. The van der Waals surface area contributed by atoms with E-state index in [0.717, 1.165) is 33.7 Å². The first-order valence-electron chi connectivity index (χ1n) is 12.3. The van der Waals surface area contributed by atoms with Crippen molar-refractivity contribution in [1.29, 1.82) is 0 Å².